The first kappa shape index (κ1) is 22.9. The van der Waals surface area contributed by atoms with Gasteiger partial charge in [-0.3, -0.25) is 14.4 Å². The van der Waals surface area contributed by atoms with Crippen LogP contribution >= 0.6 is 11.8 Å². The molecule has 1 amide bonds. The number of benzene rings is 2. The number of nitrogens with one attached hydrogen (secondary N) is 2. The number of carbonyl (C=O) groups is 3. The number of amides is 1. The standard InChI is InChI=1S/C23H24N2O7S/c1-13(26)29-11-20-21(33-16-6-4-15(24-2)5-7-16)10-17(27)23(32-20)25-22(28)14-3-8-18-19(9-14)31-12-30-18/h3-9,20-21,23-24H,10-12H2,1-2H3,(H,25,28)/t20-,21?,23-/m1/s1. The topological polar surface area (TPSA) is 112 Å². The molecule has 0 spiro atoms. The van der Waals surface area contributed by atoms with E-state index in [-0.39, 0.29) is 30.9 Å². The quantitative estimate of drug-likeness (QED) is 0.587. The maximum absolute atomic E-state index is 12.8. The number of hydrogen-bond donors (Lipinski definition) is 2. The SMILES string of the molecule is CNc1ccc(SC2CC(=O)[C@H](NC(=O)c3ccc4c(c3)OCO4)O[C@@H]2COC(C)=O)cc1. The van der Waals surface area contributed by atoms with Crippen LogP contribution in [0.2, 0.25) is 0 Å². The molecule has 10 heteroatoms. The average Bonchev–Trinajstić information content (AvgIpc) is 3.28. The normalized spacial score (nSPS) is 21.4. The molecule has 0 bridgehead atoms. The first-order chi connectivity index (χ1) is 15.9. The van der Waals surface area contributed by atoms with Gasteiger partial charge in [-0.1, -0.05) is 0 Å². The van der Waals surface area contributed by atoms with Crippen LogP contribution in [-0.4, -0.2) is 55.7 Å². The highest BCUT2D eigenvalue weighted by atomic mass is 32.2. The Kier molecular flexibility index (Phi) is 7.05. The Morgan fingerprint density at radius 1 is 1.12 bits per heavy atom. The van der Waals surface area contributed by atoms with Crippen molar-refractivity contribution in [2.24, 2.45) is 0 Å². The first-order valence-corrected chi connectivity index (χ1v) is 11.3. The van der Waals surface area contributed by atoms with Crippen LogP contribution < -0.4 is 20.1 Å². The maximum atomic E-state index is 12.8. The minimum Gasteiger partial charge on any atom is -0.463 e. The zero-order valence-corrected chi connectivity index (χ0v) is 19.0. The third-order valence-corrected chi connectivity index (χ3v) is 6.52. The van der Waals surface area contributed by atoms with E-state index in [1.165, 1.54) is 18.7 Å². The third kappa shape index (κ3) is 5.58. The number of esters is 1. The van der Waals surface area contributed by atoms with E-state index in [1.54, 1.807) is 18.2 Å². The van der Waals surface area contributed by atoms with Crippen LogP contribution in [-0.2, 0) is 19.1 Å². The van der Waals surface area contributed by atoms with E-state index in [9.17, 15) is 14.4 Å². The number of rotatable bonds is 7. The fourth-order valence-electron chi connectivity index (χ4n) is 3.47. The second kappa shape index (κ2) is 10.1. The summed E-state index contributed by atoms with van der Waals surface area (Å²) in [5.41, 5.74) is 1.28. The van der Waals surface area contributed by atoms with Gasteiger partial charge in [-0.25, -0.2) is 0 Å². The Morgan fingerprint density at radius 3 is 2.61 bits per heavy atom. The van der Waals surface area contributed by atoms with Crippen LogP contribution in [0.5, 0.6) is 11.5 Å². The van der Waals surface area contributed by atoms with E-state index in [0.29, 0.717) is 17.1 Å². The van der Waals surface area contributed by atoms with Crippen molar-refractivity contribution in [1.29, 1.82) is 0 Å². The number of carbonyl (C=O) groups excluding carboxylic acids is 3. The molecule has 2 aromatic rings. The number of anilines is 1. The largest absolute Gasteiger partial charge is 0.463 e. The van der Waals surface area contributed by atoms with Crippen molar-refractivity contribution >= 4 is 35.1 Å². The number of Topliss-reactive ketones (excluding diaryl/α,β-unsaturated/α-hetero) is 1. The lowest BCUT2D eigenvalue weighted by Crippen LogP contribution is -2.53. The summed E-state index contributed by atoms with van der Waals surface area (Å²) in [6, 6.07) is 12.5. The van der Waals surface area contributed by atoms with Crippen molar-refractivity contribution < 1.29 is 33.3 Å². The fraction of sp³-hybridized carbons (Fsp3) is 0.348. The van der Waals surface area contributed by atoms with Crippen LogP contribution in [0.1, 0.15) is 23.7 Å². The predicted molar refractivity (Wildman–Crippen MR) is 121 cm³/mol. The smallest absolute Gasteiger partial charge is 0.302 e. The summed E-state index contributed by atoms with van der Waals surface area (Å²) in [6.45, 7) is 1.38. The minimum atomic E-state index is -1.15. The van der Waals surface area contributed by atoms with Crippen molar-refractivity contribution in [3.05, 3.63) is 48.0 Å². The number of ketones is 1. The van der Waals surface area contributed by atoms with Gasteiger partial charge in [0.2, 0.25) is 6.79 Å². The Labute approximate surface area is 195 Å². The number of ether oxygens (including phenoxy) is 4. The van der Waals surface area contributed by atoms with Gasteiger partial charge in [-0.15, -0.1) is 11.8 Å². The van der Waals surface area contributed by atoms with E-state index in [4.69, 9.17) is 18.9 Å². The van der Waals surface area contributed by atoms with Crippen LogP contribution in [0.15, 0.2) is 47.4 Å². The molecule has 9 nitrogen and oxygen atoms in total. The van der Waals surface area contributed by atoms with Crippen molar-refractivity contribution in [1.82, 2.24) is 5.32 Å². The highest BCUT2D eigenvalue weighted by molar-refractivity contribution is 8.00. The number of thioether (sulfide) groups is 1. The second-order valence-corrected chi connectivity index (χ2v) is 8.81. The molecule has 2 heterocycles. The summed E-state index contributed by atoms with van der Waals surface area (Å²) in [4.78, 5) is 37.9. The Morgan fingerprint density at radius 2 is 1.88 bits per heavy atom. The molecule has 4 rings (SSSR count). The maximum Gasteiger partial charge on any atom is 0.302 e. The molecule has 1 unspecified atom stereocenters. The van der Waals surface area contributed by atoms with Crippen molar-refractivity contribution in [2.75, 3.05) is 25.8 Å². The molecule has 0 aromatic heterocycles. The summed E-state index contributed by atoms with van der Waals surface area (Å²) in [6.07, 6.45) is -1.58. The highest BCUT2D eigenvalue weighted by Crippen LogP contribution is 2.34. The summed E-state index contributed by atoms with van der Waals surface area (Å²) < 4.78 is 21.6. The van der Waals surface area contributed by atoms with Gasteiger partial charge in [0.25, 0.3) is 5.91 Å². The lowest BCUT2D eigenvalue weighted by Gasteiger charge is -2.35. The van der Waals surface area contributed by atoms with Gasteiger partial charge in [0.15, 0.2) is 23.5 Å². The Bertz CT molecular complexity index is 1040. The van der Waals surface area contributed by atoms with Crippen molar-refractivity contribution in [3.63, 3.8) is 0 Å². The summed E-state index contributed by atoms with van der Waals surface area (Å²) in [5.74, 6) is -0.162. The van der Waals surface area contributed by atoms with Crippen LogP contribution in [0, 0.1) is 0 Å². The summed E-state index contributed by atoms with van der Waals surface area (Å²) >= 11 is 1.47. The molecule has 33 heavy (non-hydrogen) atoms. The molecular weight excluding hydrogens is 448 g/mol. The summed E-state index contributed by atoms with van der Waals surface area (Å²) in [7, 11) is 1.84. The van der Waals surface area contributed by atoms with E-state index >= 15 is 0 Å². The molecule has 2 aromatic carbocycles. The zero-order valence-electron chi connectivity index (χ0n) is 18.2. The second-order valence-electron chi connectivity index (χ2n) is 7.50. The average molecular weight is 473 g/mol. The molecule has 0 saturated carbocycles. The van der Waals surface area contributed by atoms with Gasteiger partial charge >= 0.3 is 5.97 Å². The predicted octanol–water partition coefficient (Wildman–Crippen LogP) is 2.59. The molecular formula is C23H24N2O7S. The third-order valence-electron chi connectivity index (χ3n) is 5.20. The minimum absolute atomic E-state index is 0.0225. The molecule has 0 radical (unpaired) electrons. The highest BCUT2D eigenvalue weighted by Gasteiger charge is 2.39. The van der Waals surface area contributed by atoms with Crippen molar-refractivity contribution in [2.45, 2.75) is 35.8 Å². The van der Waals surface area contributed by atoms with Crippen LogP contribution in [0.25, 0.3) is 0 Å². The van der Waals surface area contributed by atoms with Gasteiger partial charge in [-0.2, -0.15) is 0 Å². The molecule has 1 fully saturated rings. The van der Waals surface area contributed by atoms with Crippen LogP contribution in [0.4, 0.5) is 5.69 Å². The van der Waals surface area contributed by atoms with E-state index < -0.39 is 24.2 Å². The Balaban J connectivity index is 1.44. The van der Waals surface area contributed by atoms with E-state index in [1.807, 2.05) is 31.3 Å². The van der Waals surface area contributed by atoms with Gasteiger partial charge < -0.3 is 29.6 Å². The monoisotopic (exact) mass is 472 g/mol. The molecule has 2 N–H and O–H groups in total. The Hall–Kier alpha value is -3.24. The number of fused-ring (bicyclic) bond motifs is 1. The summed E-state index contributed by atoms with van der Waals surface area (Å²) in [5, 5.41) is 5.40. The lowest BCUT2D eigenvalue weighted by atomic mass is 10.1. The van der Waals surface area contributed by atoms with Crippen molar-refractivity contribution in [3.8, 4) is 11.5 Å². The molecule has 3 atom stereocenters. The van der Waals surface area contributed by atoms with E-state index in [0.717, 1.165) is 10.6 Å². The van der Waals surface area contributed by atoms with E-state index in [2.05, 4.69) is 10.6 Å². The molecule has 2 aliphatic heterocycles. The number of hydrogen-bond acceptors (Lipinski definition) is 9. The lowest BCUT2D eigenvalue weighted by molar-refractivity contribution is -0.156. The molecule has 2 aliphatic rings. The first-order valence-electron chi connectivity index (χ1n) is 10.4. The molecule has 174 valence electrons. The molecule has 0 aliphatic carbocycles. The van der Waals surface area contributed by atoms with Gasteiger partial charge in [0.05, 0.1) is 0 Å². The van der Waals surface area contributed by atoms with Gasteiger partial charge in [0.1, 0.15) is 12.7 Å². The molecule has 1 saturated heterocycles. The van der Waals surface area contributed by atoms with Gasteiger partial charge in [-0.05, 0) is 42.5 Å². The fourth-order valence-corrected chi connectivity index (χ4v) is 4.65. The zero-order chi connectivity index (χ0) is 23.4. The van der Waals surface area contributed by atoms with Gasteiger partial charge in [0, 0.05) is 41.8 Å². The van der Waals surface area contributed by atoms with Crippen LogP contribution in [0.3, 0.4) is 0 Å².